The lowest BCUT2D eigenvalue weighted by molar-refractivity contribution is 0.222. The number of aryl methyl sites for hydroxylation is 1. The molecule has 2 aromatic rings. The van der Waals surface area contributed by atoms with Crippen LogP contribution in [0.3, 0.4) is 0 Å². The van der Waals surface area contributed by atoms with Crippen molar-refractivity contribution in [2.75, 3.05) is 39.9 Å². The van der Waals surface area contributed by atoms with Crippen LogP contribution < -0.4 is 14.8 Å². The van der Waals surface area contributed by atoms with Crippen molar-refractivity contribution in [1.29, 1.82) is 0 Å². The summed E-state index contributed by atoms with van der Waals surface area (Å²) in [5, 5.41) is 3.75. The largest absolute Gasteiger partial charge is 0.496 e. The van der Waals surface area contributed by atoms with Gasteiger partial charge in [-0.25, -0.2) is 0 Å². The number of nitrogens with one attached hydrogen (secondary N) is 1. The maximum absolute atomic E-state index is 6.09. The van der Waals surface area contributed by atoms with Crippen LogP contribution in [0.4, 0.5) is 0 Å². The van der Waals surface area contributed by atoms with Gasteiger partial charge in [0.25, 0.3) is 0 Å². The summed E-state index contributed by atoms with van der Waals surface area (Å²) < 4.78 is 11.8. The number of nitrogens with zero attached hydrogens (tertiary/aromatic N) is 1. The van der Waals surface area contributed by atoms with E-state index in [1.807, 2.05) is 0 Å². The molecule has 1 heterocycles. The highest BCUT2D eigenvalue weighted by molar-refractivity contribution is 5.51. The molecule has 1 unspecified atom stereocenters. The van der Waals surface area contributed by atoms with Gasteiger partial charge in [-0.1, -0.05) is 40.7 Å². The zero-order valence-electron chi connectivity index (χ0n) is 20.5. The maximum Gasteiger partial charge on any atom is 0.122 e. The van der Waals surface area contributed by atoms with Gasteiger partial charge in [-0.15, -0.1) is 0 Å². The van der Waals surface area contributed by atoms with E-state index in [1.165, 1.54) is 27.8 Å². The van der Waals surface area contributed by atoms with Crippen LogP contribution in [0.15, 0.2) is 30.3 Å². The van der Waals surface area contributed by atoms with Crippen LogP contribution in [0.1, 0.15) is 68.5 Å². The monoisotopic (exact) mass is 424 g/mol. The Hall–Kier alpha value is -2.04. The van der Waals surface area contributed by atoms with E-state index in [0.717, 1.165) is 50.7 Å². The summed E-state index contributed by atoms with van der Waals surface area (Å²) >= 11 is 0. The Bertz CT molecular complexity index is 882. The van der Waals surface area contributed by atoms with Crippen LogP contribution in [0.5, 0.6) is 11.5 Å². The van der Waals surface area contributed by atoms with Crippen molar-refractivity contribution in [2.24, 2.45) is 0 Å². The summed E-state index contributed by atoms with van der Waals surface area (Å²) in [5.41, 5.74) is 6.61. The quantitative estimate of drug-likeness (QED) is 0.627. The van der Waals surface area contributed by atoms with E-state index in [9.17, 15) is 0 Å². The number of ether oxygens (including phenoxy) is 2. The first kappa shape index (κ1) is 23.6. The molecule has 1 atom stereocenters. The number of fused-ring (bicyclic) bond motifs is 1. The summed E-state index contributed by atoms with van der Waals surface area (Å²) in [7, 11) is 1.76. The molecule has 0 radical (unpaired) electrons. The first-order valence-electron chi connectivity index (χ1n) is 11.7. The summed E-state index contributed by atoms with van der Waals surface area (Å²) in [6.45, 7) is 18.1. The van der Waals surface area contributed by atoms with E-state index >= 15 is 0 Å². The Balaban J connectivity index is 1.87. The molecule has 0 fully saturated rings. The van der Waals surface area contributed by atoms with Crippen LogP contribution in [-0.4, -0.2) is 44.8 Å². The minimum absolute atomic E-state index is 0.0217. The number of hydrogen-bond acceptors (Lipinski definition) is 4. The molecule has 0 bridgehead atoms. The van der Waals surface area contributed by atoms with E-state index in [0.29, 0.717) is 0 Å². The number of methoxy groups -OCH3 is 1. The molecule has 1 aliphatic heterocycles. The zero-order valence-corrected chi connectivity index (χ0v) is 20.5. The highest BCUT2D eigenvalue weighted by atomic mass is 16.5. The Morgan fingerprint density at radius 2 is 1.81 bits per heavy atom. The molecule has 0 saturated carbocycles. The number of likely N-dealkylation sites (N-methyl/N-ethyl adjacent to an activating group) is 1. The van der Waals surface area contributed by atoms with Gasteiger partial charge >= 0.3 is 0 Å². The topological polar surface area (TPSA) is 33.7 Å². The van der Waals surface area contributed by atoms with E-state index in [4.69, 9.17) is 9.47 Å². The number of hydrogen-bond donors (Lipinski definition) is 1. The molecule has 2 aromatic carbocycles. The summed E-state index contributed by atoms with van der Waals surface area (Å²) in [6, 6.07) is 11.4. The van der Waals surface area contributed by atoms with E-state index in [-0.39, 0.29) is 11.5 Å². The van der Waals surface area contributed by atoms with E-state index < -0.39 is 0 Å². The van der Waals surface area contributed by atoms with Crippen molar-refractivity contribution < 1.29 is 9.47 Å². The molecule has 4 nitrogen and oxygen atoms in total. The van der Waals surface area contributed by atoms with Gasteiger partial charge in [0.05, 0.1) is 13.2 Å². The molecule has 170 valence electrons. The molecule has 31 heavy (non-hydrogen) atoms. The van der Waals surface area contributed by atoms with Crippen molar-refractivity contribution in [3.05, 3.63) is 58.1 Å². The molecule has 1 N–H and O–H groups in total. The first-order chi connectivity index (χ1) is 14.8. The minimum atomic E-state index is 0.0217. The average Bonchev–Trinajstić information content (AvgIpc) is 2.75. The molecular weight excluding hydrogens is 384 g/mol. The first-order valence-corrected chi connectivity index (χ1v) is 11.7. The lowest BCUT2D eigenvalue weighted by Gasteiger charge is -2.31. The predicted molar refractivity (Wildman–Crippen MR) is 130 cm³/mol. The van der Waals surface area contributed by atoms with Crippen LogP contribution in [0.2, 0.25) is 0 Å². The second kappa shape index (κ2) is 10.1. The predicted octanol–water partition coefficient (Wildman–Crippen LogP) is 5.26. The molecule has 0 aromatic heterocycles. The highest BCUT2D eigenvalue weighted by Gasteiger charge is 2.27. The zero-order chi connectivity index (χ0) is 22.6. The average molecular weight is 425 g/mol. The van der Waals surface area contributed by atoms with Gasteiger partial charge in [0.2, 0.25) is 0 Å². The van der Waals surface area contributed by atoms with Gasteiger partial charge in [0, 0.05) is 13.1 Å². The van der Waals surface area contributed by atoms with E-state index in [2.05, 4.69) is 82.1 Å². The third-order valence-electron chi connectivity index (χ3n) is 6.45. The standard InChI is InChI=1S/C27H40N2O2/c1-8-29(9-2)14-15-31-21-10-11-22-20(17-21)12-13-28-26(22)23-18-24(27(4,5)6)25(30-7)16-19(23)3/h10-11,16-18,26,28H,8-9,12-15H2,1-7H3. The molecule has 4 heteroatoms. The highest BCUT2D eigenvalue weighted by Crippen LogP contribution is 2.39. The van der Waals surface area contributed by atoms with Crippen molar-refractivity contribution in [2.45, 2.75) is 59.4 Å². The van der Waals surface area contributed by atoms with Gasteiger partial charge in [-0.05, 0) is 83.9 Å². The lowest BCUT2D eigenvalue weighted by atomic mass is 9.81. The Kier molecular flexibility index (Phi) is 7.66. The Morgan fingerprint density at radius 1 is 1.06 bits per heavy atom. The third-order valence-corrected chi connectivity index (χ3v) is 6.45. The summed E-state index contributed by atoms with van der Waals surface area (Å²) in [6.07, 6.45) is 1.03. The molecule has 3 rings (SSSR count). The van der Waals surface area contributed by atoms with Crippen LogP contribution >= 0.6 is 0 Å². The van der Waals surface area contributed by atoms with Crippen molar-refractivity contribution in [1.82, 2.24) is 10.2 Å². The number of benzene rings is 2. The Labute approximate surface area is 188 Å². The van der Waals surface area contributed by atoms with E-state index in [1.54, 1.807) is 7.11 Å². The van der Waals surface area contributed by atoms with Gasteiger partial charge < -0.3 is 19.7 Å². The fourth-order valence-electron chi connectivity index (χ4n) is 4.51. The third kappa shape index (κ3) is 5.42. The lowest BCUT2D eigenvalue weighted by Crippen LogP contribution is -2.31. The Morgan fingerprint density at radius 3 is 2.45 bits per heavy atom. The SMILES string of the molecule is CCN(CC)CCOc1ccc2c(c1)CCNC2c1cc(C(C)(C)C)c(OC)cc1C. The smallest absolute Gasteiger partial charge is 0.122 e. The van der Waals surface area contributed by atoms with Crippen molar-refractivity contribution >= 4 is 0 Å². The van der Waals surface area contributed by atoms with Crippen LogP contribution in [0, 0.1) is 6.92 Å². The molecule has 0 aliphatic carbocycles. The van der Waals surface area contributed by atoms with Crippen LogP contribution in [0.25, 0.3) is 0 Å². The van der Waals surface area contributed by atoms with Gasteiger partial charge in [-0.2, -0.15) is 0 Å². The minimum Gasteiger partial charge on any atom is -0.496 e. The molecule has 0 spiro atoms. The van der Waals surface area contributed by atoms with Gasteiger partial charge in [-0.3, -0.25) is 0 Å². The summed E-state index contributed by atoms with van der Waals surface area (Å²) in [5.74, 6) is 1.95. The second-order valence-corrected chi connectivity index (χ2v) is 9.53. The molecule has 0 amide bonds. The summed E-state index contributed by atoms with van der Waals surface area (Å²) in [4.78, 5) is 2.39. The van der Waals surface area contributed by atoms with Gasteiger partial charge in [0.15, 0.2) is 0 Å². The van der Waals surface area contributed by atoms with Crippen molar-refractivity contribution in [3.63, 3.8) is 0 Å². The second-order valence-electron chi connectivity index (χ2n) is 9.53. The number of rotatable bonds is 8. The molecule has 0 saturated heterocycles. The van der Waals surface area contributed by atoms with Crippen LogP contribution in [-0.2, 0) is 11.8 Å². The fraction of sp³-hybridized carbons (Fsp3) is 0.556. The van der Waals surface area contributed by atoms with Crippen molar-refractivity contribution in [3.8, 4) is 11.5 Å². The molecule has 1 aliphatic rings. The maximum atomic E-state index is 6.09. The molecular formula is C27H40N2O2. The van der Waals surface area contributed by atoms with Gasteiger partial charge in [0.1, 0.15) is 18.1 Å². The normalized spacial score (nSPS) is 16.3. The fourth-order valence-corrected chi connectivity index (χ4v) is 4.51.